The highest BCUT2D eigenvalue weighted by atomic mass is 35.5. The van der Waals surface area contributed by atoms with Crippen molar-refractivity contribution in [2.75, 3.05) is 0 Å². The van der Waals surface area contributed by atoms with E-state index in [1.807, 2.05) is 43.3 Å². The lowest BCUT2D eigenvalue weighted by Crippen LogP contribution is -2.38. The molecule has 0 saturated heterocycles. The molecule has 106 valence electrons. The molecule has 0 radical (unpaired) electrons. The predicted octanol–water partition coefficient (Wildman–Crippen LogP) is 3.97. The van der Waals surface area contributed by atoms with Gasteiger partial charge in [-0.15, -0.1) is 0 Å². The molecule has 5 heteroatoms. The van der Waals surface area contributed by atoms with Gasteiger partial charge in [0.1, 0.15) is 11.9 Å². The van der Waals surface area contributed by atoms with Crippen molar-refractivity contribution in [3.63, 3.8) is 0 Å². The van der Waals surface area contributed by atoms with Crippen LogP contribution in [0.1, 0.15) is 18.5 Å². The summed E-state index contributed by atoms with van der Waals surface area (Å²) in [7, 11) is 0. The first-order chi connectivity index (χ1) is 9.61. The standard InChI is InChI=1S/C15H16Cl2N2O/c1-10(20-12-6-4-5-11(16)9-12)15(19-18)13-7-2-3-8-14(13)17/h2-10,15,19H,18H2,1H3. The highest BCUT2D eigenvalue weighted by Gasteiger charge is 2.21. The maximum atomic E-state index is 6.20. The van der Waals surface area contributed by atoms with E-state index in [0.29, 0.717) is 15.8 Å². The number of rotatable bonds is 5. The van der Waals surface area contributed by atoms with Gasteiger partial charge in [-0.1, -0.05) is 47.5 Å². The van der Waals surface area contributed by atoms with E-state index in [4.69, 9.17) is 33.8 Å². The molecule has 0 heterocycles. The van der Waals surface area contributed by atoms with Crippen molar-refractivity contribution in [1.82, 2.24) is 5.43 Å². The van der Waals surface area contributed by atoms with Crippen LogP contribution in [0.15, 0.2) is 48.5 Å². The summed E-state index contributed by atoms with van der Waals surface area (Å²) in [6.45, 7) is 1.93. The third-order valence-corrected chi connectivity index (χ3v) is 3.59. The van der Waals surface area contributed by atoms with E-state index in [1.165, 1.54) is 0 Å². The summed E-state index contributed by atoms with van der Waals surface area (Å²) in [5.41, 5.74) is 3.65. The van der Waals surface area contributed by atoms with Gasteiger partial charge in [0.2, 0.25) is 0 Å². The first kappa shape index (κ1) is 15.1. The maximum Gasteiger partial charge on any atom is 0.121 e. The molecule has 0 spiro atoms. The zero-order chi connectivity index (χ0) is 14.5. The minimum Gasteiger partial charge on any atom is -0.489 e. The van der Waals surface area contributed by atoms with Crippen LogP contribution in [-0.2, 0) is 0 Å². The fourth-order valence-electron chi connectivity index (χ4n) is 2.03. The largest absolute Gasteiger partial charge is 0.489 e. The van der Waals surface area contributed by atoms with Crippen LogP contribution in [0.4, 0.5) is 0 Å². The third-order valence-electron chi connectivity index (χ3n) is 3.01. The molecular weight excluding hydrogens is 295 g/mol. The molecule has 3 N–H and O–H groups in total. The van der Waals surface area contributed by atoms with Crippen LogP contribution in [0.5, 0.6) is 5.75 Å². The van der Waals surface area contributed by atoms with Crippen LogP contribution in [0.2, 0.25) is 10.0 Å². The van der Waals surface area contributed by atoms with Gasteiger partial charge in [0.25, 0.3) is 0 Å². The van der Waals surface area contributed by atoms with Crippen molar-refractivity contribution in [3.8, 4) is 5.75 Å². The summed E-state index contributed by atoms with van der Waals surface area (Å²) in [5.74, 6) is 6.34. The molecule has 0 aliphatic heterocycles. The van der Waals surface area contributed by atoms with Gasteiger partial charge in [-0.3, -0.25) is 5.84 Å². The molecule has 2 aromatic rings. The van der Waals surface area contributed by atoms with Crippen LogP contribution in [0, 0.1) is 0 Å². The van der Waals surface area contributed by atoms with Crippen LogP contribution in [-0.4, -0.2) is 6.10 Å². The molecule has 0 bridgehead atoms. The Morgan fingerprint density at radius 3 is 2.50 bits per heavy atom. The second kappa shape index (κ2) is 6.95. The number of nitrogens with one attached hydrogen (secondary N) is 1. The molecule has 0 saturated carbocycles. The van der Waals surface area contributed by atoms with Crippen LogP contribution < -0.4 is 16.0 Å². The first-order valence-electron chi connectivity index (χ1n) is 6.24. The Labute approximate surface area is 128 Å². The second-order valence-corrected chi connectivity index (χ2v) is 5.29. The van der Waals surface area contributed by atoms with Crippen molar-refractivity contribution >= 4 is 23.2 Å². The van der Waals surface area contributed by atoms with Gasteiger partial charge in [0.15, 0.2) is 0 Å². The van der Waals surface area contributed by atoms with E-state index >= 15 is 0 Å². The van der Waals surface area contributed by atoms with Gasteiger partial charge in [-0.05, 0) is 36.8 Å². The van der Waals surface area contributed by atoms with E-state index in [1.54, 1.807) is 12.1 Å². The summed E-state index contributed by atoms with van der Waals surface area (Å²) in [6.07, 6.45) is -0.210. The number of benzene rings is 2. The quantitative estimate of drug-likeness (QED) is 0.649. The average molecular weight is 311 g/mol. The Balaban J connectivity index is 2.18. The number of nitrogens with two attached hydrogens (primary N) is 1. The Morgan fingerprint density at radius 1 is 1.10 bits per heavy atom. The van der Waals surface area contributed by atoms with Crippen molar-refractivity contribution in [2.24, 2.45) is 5.84 Å². The molecule has 0 aromatic heterocycles. The van der Waals surface area contributed by atoms with Crippen LogP contribution in [0.25, 0.3) is 0 Å². The lowest BCUT2D eigenvalue weighted by Gasteiger charge is -2.25. The normalized spacial score (nSPS) is 13.8. The van der Waals surface area contributed by atoms with E-state index in [0.717, 1.165) is 5.56 Å². The minimum absolute atomic E-state index is 0.210. The van der Waals surface area contributed by atoms with Gasteiger partial charge in [0, 0.05) is 10.0 Å². The molecule has 2 rings (SSSR count). The SMILES string of the molecule is CC(Oc1cccc(Cl)c1)C(NN)c1ccccc1Cl. The summed E-state index contributed by atoms with van der Waals surface area (Å²) >= 11 is 12.1. The Hall–Kier alpha value is -1.26. The number of hydrazine groups is 1. The third kappa shape index (κ3) is 3.64. The number of hydrogen-bond donors (Lipinski definition) is 2. The number of halogens is 2. The minimum atomic E-state index is -0.220. The van der Waals surface area contributed by atoms with Gasteiger partial charge in [-0.2, -0.15) is 0 Å². The Kier molecular flexibility index (Phi) is 5.26. The van der Waals surface area contributed by atoms with Gasteiger partial charge < -0.3 is 4.74 Å². The molecule has 0 aliphatic rings. The molecule has 0 amide bonds. The van der Waals surface area contributed by atoms with Crippen molar-refractivity contribution in [3.05, 3.63) is 64.1 Å². The lowest BCUT2D eigenvalue weighted by atomic mass is 10.0. The van der Waals surface area contributed by atoms with Crippen LogP contribution in [0.3, 0.4) is 0 Å². The maximum absolute atomic E-state index is 6.20. The fraction of sp³-hybridized carbons (Fsp3) is 0.200. The molecule has 3 nitrogen and oxygen atoms in total. The molecule has 20 heavy (non-hydrogen) atoms. The summed E-state index contributed by atoms with van der Waals surface area (Å²) in [4.78, 5) is 0. The number of ether oxygens (including phenoxy) is 1. The first-order valence-corrected chi connectivity index (χ1v) is 7.00. The summed E-state index contributed by atoms with van der Waals surface area (Å²) in [6, 6.07) is 14.6. The average Bonchev–Trinajstić information content (AvgIpc) is 2.41. The monoisotopic (exact) mass is 310 g/mol. The van der Waals surface area contributed by atoms with Gasteiger partial charge in [-0.25, -0.2) is 5.43 Å². The van der Waals surface area contributed by atoms with E-state index < -0.39 is 0 Å². The van der Waals surface area contributed by atoms with Crippen molar-refractivity contribution < 1.29 is 4.74 Å². The predicted molar refractivity (Wildman–Crippen MR) is 83.1 cm³/mol. The molecule has 0 aliphatic carbocycles. The number of hydrogen-bond acceptors (Lipinski definition) is 3. The highest BCUT2D eigenvalue weighted by Crippen LogP contribution is 2.27. The van der Waals surface area contributed by atoms with Crippen molar-refractivity contribution in [1.29, 1.82) is 0 Å². The molecule has 2 unspecified atom stereocenters. The fourth-order valence-corrected chi connectivity index (χ4v) is 2.46. The van der Waals surface area contributed by atoms with Gasteiger partial charge >= 0.3 is 0 Å². The van der Waals surface area contributed by atoms with Gasteiger partial charge in [0.05, 0.1) is 6.04 Å². The van der Waals surface area contributed by atoms with Crippen LogP contribution >= 0.6 is 23.2 Å². The summed E-state index contributed by atoms with van der Waals surface area (Å²) in [5, 5.41) is 1.28. The molecular formula is C15H16Cl2N2O. The molecule has 2 atom stereocenters. The topological polar surface area (TPSA) is 47.3 Å². The highest BCUT2D eigenvalue weighted by molar-refractivity contribution is 6.31. The smallest absolute Gasteiger partial charge is 0.121 e. The lowest BCUT2D eigenvalue weighted by molar-refractivity contribution is 0.171. The second-order valence-electron chi connectivity index (χ2n) is 4.45. The van der Waals surface area contributed by atoms with E-state index in [-0.39, 0.29) is 12.1 Å². The van der Waals surface area contributed by atoms with E-state index in [9.17, 15) is 0 Å². The molecule has 0 fully saturated rings. The Bertz CT molecular complexity index is 577. The Morgan fingerprint density at radius 2 is 1.85 bits per heavy atom. The van der Waals surface area contributed by atoms with E-state index in [2.05, 4.69) is 5.43 Å². The summed E-state index contributed by atoms with van der Waals surface area (Å²) < 4.78 is 5.87. The molecule has 2 aromatic carbocycles. The zero-order valence-corrected chi connectivity index (χ0v) is 12.5. The van der Waals surface area contributed by atoms with Crippen molar-refractivity contribution in [2.45, 2.75) is 19.1 Å². The zero-order valence-electron chi connectivity index (χ0n) is 11.0.